The van der Waals surface area contributed by atoms with E-state index in [0.717, 1.165) is 11.3 Å². The third-order valence-electron chi connectivity index (χ3n) is 2.71. The first-order valence-corrected chi connectivity index (χ1v) is 6.87. The molecule has 0 saturated heterocycles. The summed E-state index contributed by atoms with van der Waals surface area (Å²) in [5, 5.41) is 0.179. The van der Waals surface area contributed by atoms with Crippen molar-refractivity contribution >= 4 is 24.6 Å². The van der Waals surface area contributed by atoms with E-state index in [0.29, 0.717) is 13.1 Å². The molecule has 0 saturated carbocycles. The van der Waals surface area contributed by atoms with Crippen LogP contribution in [0.4, 0.5) is 0 Å². The van der Waals surface area contributed by atoms with Crippen LogP contribution in [0.25, 0.3) is 6.08 Å². The van der Waals surface area contributed by atoms with Crippen LogP contribution >= 0.6 is 12.6 Å². The molecule has 3 nitrogen and oxygen atoms in total. The molecule has 4 heteroatoms. The summed E-state index contributed by atoms with van der Waals surface area (Å²) in [7, 11) is 1.63. The standard InChI is InChI=1S/C15H21NO2S/c1-4-16(11-12(2)19)15(17)10-7-13-5-8-14(18-3)9-6-13/h5-10,12,19H,4,11H2,1-3H3/b10-7+. The number of carbonyl (C=O) groups excluding carboxylic acids is 1. The van der Waals surface area contributed by atoms with Crippen molar-refractivity contribution in [2.24, 2.45) is 0 Å². The van der Waals surface area contributed by atoms with Crippen molar-refractivity contribution in [3.05, 3.63) is 35.9 Å². The zero-order valence-corrected chi connectivity index (χ0v) is 12.6. The Morgan fingerprint density at radius 2 is 2.05 bits per heavy atom. The normalized spacial score (nSPS) is 12.4. The number of likely N-dealkylation sites (N-methyl/N-ethyl adjacent to an activating group) is 1. The molecule has 1 atom stereocenters. The zero-order valence-electron chi connectivity index (χ0n) is 11.7. The highest BCUT2D eigenvalue weighted by atomic mass is 32.1. The van der Waals surface area contributed by atoms with Crippen LogP contribution < -0.4 is 4.74 Å². The summed E-state index contributed by atoms with van der Waals surface area (Å²) in [5.41, 5.74) is 0.976. The Morgan fingerprint density at radius 3 is 2.53 bits per heavy atom. The summed E-state index contributed by atoms with van der Waals surface area (Å²) in [5.74, 6) is 0.821. The van der Waals surface area contributed by atoms with E-state index in [-0.39, 0.29) is 11.2 Å². The van der Waals surface area contributed by atoms with Crippen molar-refractivity contribution in [2.75, 3.05) is 20.2 Å². The van der Waals surface area contributed by atoms with Crippen LogP contribution in [0.5, 0.6) is 5.75 Å². The van der Waals surface area contributed by atoms with E-state index in [1.807, 2.05) is 44.2 Å². The van der Waals surface area contributed by atoms with Crippen molar-refractivity contribution in [3.63, 3.8) is 0 Å². The van der Waals surface area contributed by atoms with Crippen molar-refractivity contribution in [1.82, 2.24) is 4.90 Å². The molecule has 1 aromatic rings. The molecule has 0 aliphatic carbocycles. The van der Waals surface area contributed by atoms with Gasteiger partial charge in [0, 0.05) is 24.4 Å². The van der Waals surface area contributed by atoms with Gasteiger partial charge in [0.1, 0.15) is 5.75 Å². The van der Waals surface area contributed by atoms with Gasteiger partial charge in [-0.25, -0.2) is 0 Å². The lowest BCUT2D eigenvalue weighted by atomic mass is 10.2. The van der Waals surface area contributed by atoms with E-state index >= 15 is 0 Å². The molecule has 1 aromatic carbocycles. The predicted octanol–water partition coefficient (Wildman–Crippen LogP) is 2.88. The van der Waals surface area contributed by atoms with Crippen LogP contribution in [0, 0.1) is 0 Å². The van der Waals surface area contributed by atoms with Gasteiger partial charge in [-0.1, -0.05) is 19.1 Å². The first-order chi connectivity index (χ1) is 9.06. The summed E-state index contributed by atoms with van der Waals surface area (Å²) >= 11 is 4.31. The van der Waals surface area contributed by atoms with Crippen molar-refractivity contribution in [3.8, 4) is 5.75 Å². The first kappa shape index (κ1) is 15.6. The molecule has 0 N–H and O–H groups in total. The number of hydrogen-bond donors (Lipinski definition) is 1. The summed E-state index contributed by atoms with van der Waals surface area (Å²) in [6, 6.07) is 7.58. The van der Waals surface area contributed by atoms with Crippen LogP contribution in [0.2, 0.25) is 0 Å². The molecular formula is C15H21NO2S. The van der Waals surface area contributed by atoms with Gasteiger partial charge in [0.15, 0.2) is 0 Å². The Balaban J connectivity index is 2.65. The highest BCUT2D eigenvalue weighted by Gasteiger charge is 2.09. The minimum Gasteiger partial charge on any atom is -0.497 e. The molecular weight excluding hydrogens is 258 g/mol. The highest BCUT2D eigenvalue weighted by molar-refractivity contribution is 7.80. The van der Waals surface area contributed by atoms with E-state index in [4.69, 9.17) is 4.74 Å². The second-order valence-electron chi connectivity index (χ2n) is 4.33. The quantitative estimate of drug-likeness (QED) is 0.641. The third kappa shape index (κ3) is 5.39. The predicted molar refractivity (Wildman–Crippen MR) is 82.7 cm³/mol. The molecule has 0 heterocycles. The fourth-order valence-corrected chi connectivity index (χ4v) is 1.88. The van der Waals surface area contributed by atoms with E-state index in [1.165, 1.54) is 0 Å². The Kier molecular flexibility index (Phi) is 6.50. The lowest BCUT2D eigenvalue weighted by Crippen LogP contribution is -2.33. The van der Waals surface area contributed by atoms with Crippen LogP contribution in [-0.2, 0) is 4.79 Å². The number of hydrogen-bond acceptors (Lipinski definition) is 3. The van der Waals surface area contributed by atoms with Crippen LogP contribution in [0.1, 0.15) is 19.4 Å². The minimum atomic E-state index is 0.0132. The first-order valence-electron chi connectivity index (χ1n) is 6.36. The molecule has 0 aromatic heterocycles. The van der Waals surface area contributed by atoms with Gasteiger partial charge in [-0.05, 0) is 30.7 Å². The molecule has 0 spiro atoms. The average Bonchev–Trinajstić information content (AvgIpc) is 2.42. The summed E-state index contributed by atoms with van der Waals surface area (Å²) < 4.78 is 5.09. The minimum absolute atomic E-state index is 0.0132. The van der Waals surface area contributed by atoms with Gasteiger partial charge in [0.25, 0.3) is 0 Å². The SMILES string of the molecule is CCN(CC(C)S)C(=O)/C=C/c1ccc(OC)cc1. The maximum Gasteiger partial charge on any atom is 0.246 e. The molecule has 0 radical (unpaired) electrons. The van der Waals surface area contributed by atoms with E-state index in [9.17, 15) is 4.79 Å². The van der Waals surface area contributed by atoms with E-state index in [1.54, 1.807) is 18.1 Å². The molecule has 1 amide bonds. The lowest BCUT2D eigenvalue weighted by molar-refractivity contribution is -0.125. The Labute approximate surface area is 120 Å². The average molecular weight is 279 g/mol. The van der Waals surface area contributed by atoms with E-state index < -0.39 is 0 Å². The number of ether oxygens (including phenoxy) is 1. The largest absolute Gasteiger partial charge is 0.497 e. The maximum absolute atomic E-state index is 12.0. The van der Waals surface area contributed by atoms with E-state index in [2.05, 4.69) is 12.6 Å². The van der Waals surface area contributed by atoms with Gasteiger partial charge in [-0.2, -0.15) is 12.6 Å². The number of rotatable bonds is 6. The smallest absolute Gasteiger partial charge is 0.246 e. The maximum atomic E-state index is 12.0. The molecule has 1 rings (SSSR count). The third-order valence-corrected chi connectivity index (χ3v) is 2.88. The van der Waals surface area contributed by atoms with Gasteiger partial charge in [0.05, 0.1) is 7.11 Å². The van der Waals surface area contributed by atoms with Gasteiger partial charge in [0.2, 0.25) is 5.91 Å². The summed E-state index contributed by atoms with van der Waals surface area (Å²) in [6.45, 7) is 5.30. The monoisotopic (exact) mass is 279 g/mol. The van der Waals surface area contributed by atoms with Crippen molar-refractivity contribution < 1.29 is 9.53 Å². The number of thiol groups is 1. The Hall–Kier alpha value is -1.42. The number of nitrogens with zero attached hydrogens (tertiary/aromatic N) is 1. The number of benzene rings is 1. The van der Waals surface area contributed by atoms with Gasteiger partial charge < -0.3 is 9.64 Å². The zero-order chi connectivity index (χ0) is 14.3. The molecule has 0 bridgehead atoms. The second kappa shape index (κ2) is 7.89. The fraction of sp³-hybridized carbons (Fsp3) is 0.400. The van der Waals surface area contributed by atoms with Crippen LogP contribution in [-0.4, -0.2) is 36.3 Å². The molecule has 0 aliphatic heterocycles. The van der Waals surface area contributed by atoms with Gasteiger partial charge >= 0.3 is 0 Å². The van der Waals surface area contributed by atoms with Gasteiger partial charge in [-0.15, -0.1) is 0 Å². The van der Waals surface area contributed by atoms with Crippen LogP contribution in [0.3, 0.4) is 0 Å². The number of carbonyl (C=O) groups is 1. The topological polar surface area (TPSA) is 29.5 Å². The van der Waals surface area contributed by atoms with Gasteiger partial charge in [-0.3, -0.25) is 4.79 Å². The molecule has 104 valence electrons. The Bertz CT molecular complexity index is 426. The summed E-state index contributed by atoms with van der Waals surface area (Å²) in [6.07, 6.45) is 3.41. The number of amides is 1. The Morgan fingerprint density at radius 1 is 1.42 bits per heavy atom. The number of methoxy groups -OCH3 is 1. The van der Waals surface area contributed by atoms with Crippen molar-refractivity contribution in [1.29, 1.82) is 0 Å². The molecule has 0 aliphatic rings. The molecule has 1 unspecified atom stereocenters. The second-order valence-corrected chi connectivity index (χ2v) is 5.21. The molecule has 19 heavy (non-hydrogen) atoms. The molecule has 0 fully saturated rings. The van der Waals surface area contributed by atoms with Crippen molar-refractivity contribution in [2.45, 2.75) is 19.1 Å². The highest BCUT2D eigenvalue weighted by Crippen LogP contribution is 2.12. The van der Waals surface area contributed by atoms with Crippen LogP contribution in [0.15, 0.2) is 30.3 Å². The fourth-order valence-electron chi connectivity index (χ4n) is 1.68. The summed E-state index contributed by atoms with van der Waals surface area (Å²) in [4.78, 5) is 13.8. The lowest BCUT2D eigenvalue weighted by Gasteiger charge is -2.20.